The maximum absolute atomic E-state index is 10.9. The van der Waals surface area contributed by atoms with Crippen molar-refractivity contribution in [1.29, 1.82) is 0 Å². The number of nitrogens with zero attached hydrogens (tertiary/aromatic N) is 4. The Morgan fingerprint density at radius 1 is 1.15 bits per heavy atom. The second-order valence-corrected chi connectivity index (χ2v) is 2.70. The van der Waals surface area contributed by atoms with E-state index in [4.69, 9.17) is 11.6 Å². The molecule has 0 rings (SSSR count). The van der Waals surface area contributed by atoms with Crippen LogP contribution >= 0.6 is 11.6 Å². The van der Waals surface area contributed by atoms with Gasteiger partial charge in [0.1, 0.15) is 14.2 Å². The van der Waals surface area contributed by atoms with Gasteiger partial charge in [-0.3, -0.25) is 0 Å². The lowest BCUT2D eigenvalue weighted by Gasteiger charge is -2.12. The lowest BCUT2D eigenvalue weighted by Crippen LogP contribution is -2.38. The average molecular weight is 213 g/mol. The van der Waals surface area contributed by atoms with Crippen molar-refractivity contribution in [2.24, 2.45) is 10.6 Å². The van der Waals surface area contributed by atoms with Gasteiger partial charge in [-0.2, -0.15) is 0 Å². The topological polar surface area (TPSA) is 95.3 Å². The van der Waals surface area contributed by atoms with Crippen LogP contribution in [0.5, 0.6) is 0 Å². The first kappa shape index (κ1) is 11.7. The minimum Gasteiger partial charge on any atom is -0.591 e. The maximum Gasteiger partial charge on any atom is 0.501 e. The predicted molar refractivity (Wildman–Crippen MR) is 40.4 cm³/mol. The summed E-state index contributed by atoms with van der Waals surface area (Å²) >= 11 is 5.47. The summed E-state index contributed by atoms with van der Waals surface area (Å²) in [5.74, 6) is 0. The smallest absolute Gasteiger partial charge is 0.501 e. The molecule has 0 saturated heterocycles. The molecule has 0 amide bonds. The van der Waals surface area contributed by atoms with Gasteiger partial charge in [0.2, 0.25) is 10.6 Å². The van der Waals surface area contributed by atoms with Crippen LogP contribution in [0.2, 0.25) is 0 Å². The van der Waals surface area contributed by atoms with Gasteiger partial charge in [0.25, 0.3) is 0 Å². The molecule has 0 atom stereocenters. The Balaban J connectivity index is 4.74. The Morgan fingerprint density at radius 2 is 1.46 bits per heavy atom. The minimum absolute atomic E-state index is 0.149. The van der Waals surface area contributed by atoms with Gasteiger partial charge in [-0.15, -0.1) is 0 Å². The highest BCUT2D eigenvalue weighted by molar-refractivity contribution is 6.21. The van der Waals surface area contributed by atoms with Crippen LogP contribution in [-0.4, -0.2) is 29.1 Å². The molecule has 8 nitrogen and oxygen atoms in total. The molecule has 0 N–H and O–H groups in total. The van der Waals surface area contributed by atoms with Crippen molar-refractivity contribution < 1.29 is 19.4 Å². The van der Waals surface area contributed by atoms with Crippen LogP contribution < -0.4 is 0 Å². The second-order valence-electron chi connectivity index (χ2n) is 1.98. The Hall–Kier alpha value is -1.31. The number of hydroxylamine groups is 2. The molecule has 0 saturated carbocycles. The number of halogens is 1. The van der Waals surface area contributed by atoms with E-state index in [0.717, 1.165) is 21.1 Å². The van der Waals surface area contributed by atoms with Gasteiger partial charge in [0, 0.05) is 21.3 Å². The summed E-state index contributed by atoms with van der Waals surface area (Å²) in [6.07, 6.45) is 0. The number of hydrogen-bond donors (Lipinski definition) is 0. The van der Waals surface area contributed by atoms with Crippen molar-refractivity contribution in [2.75, 3.05) is 14.2 Å². The normalized spacial score (nSPS) is 17.8. The highest BCUT2D eigenvalue weighted by Gasteiger charge is 2.45. The molecule has 0 fully saturated rings. The summed E-state index contributed by atoms with van der Waals surface area (Å²) in [5.41, 5.74) is 0. The quantitative estimate of drug-likeness (QED) is 0.173. The first-order valence-corrected chi connectivity index (χ1v) is 3.46. The molecular weight excluding hydrogens is 204 g/mol. The fourth-order valence-corrected chi connectivity index (χ4v) is 0.432. The molecule has 0 aromatic heterocycles. The van der Waals surface area contributed by atoms with E-state index in [1.807, 2.05) is 0 Å². The molecular formula is C4H9ClN4O4. The van der Waals surface area contributed by atoms with E-state index < -0.39 is 5.12 Å². The summed E-state index contributed by atoms with van der Waals surface area (Å²) in [6.45, 7) is 1.08. The molecule has 0 aliphatic rings. The van der Waals surface area contributed by atoms with Crippen molar-refractivity contribution >= 4 is 11.6 Å². The first-order chi connectivity index (χ1) is 5.96. The molecule has 0 heterocycles. The molecule has 13 heavy (non-hydrogen) atoms. The third-order valence-electron chi connectivity index (χ3n) is 1.01. The molecule has 0 aromatic carbocycles. The van der Waals surface area contributed by atoms with Crippen molar-refractivity contribution in [1.82, 2.24) is 0 Å². The Labute approximate surface area is 79.1 Å². The van der Waals surface area contributed by atoms with Gasteiger partial charge in [-0.1, -0.05) is 0 Å². The van der Waals surface area contributed by atoms with Crippen LogP contribution in [0.25, 0.3) is 0 Å². The molecule has 0 spiro atoms. The fourth-order valence-electron chi connectivity index (χ4n) is 0.371. The summed E-state index contributed by atoms with van der Waals surface area (Å²) in [5, 5.41) is 25.6. The fraction of sp³-hybridized carbons (Fsp3) is 1.00. The standard InChI is InChI=1S/C4H9ClN4O4/c1-4(5,8(10)6-12-2)9(11)7-13-3/h1-3H3. The van der Waals surface area contributed by atoms with Crippen molar-refractivity contribution in [2.45, 2.75) is 12.0 Å². The SMILES string of the molecule is CON=[N+]([O-])C(C)(Cl)[N+]([O-])=NOC. The van der Waals surface area contributed by atoms with E-state index in [1.165, 1.54) is 0 Å². The van der Waals surface area contributed by atoms with Crippen molar-refractivity contribution in [3.8, 4) is 0 Å². The third-order valence-corrected chi connectivity index (χ3v) is 1.30. The molecule has 76 valence electrons. The highest BCUT2D eigenvalue weighted by Crippen LogP contribution is 2.17. The van der Waals surface area contributed by atoms with Gasteiger partial charge in [-0.25, -0.2) is 0 Å². The van der Waals surface area contributed by atoms with E-state index in [-0.39, 0.29) is 9.72 Å². The summed E-state index contributed by atoms with van der Waals surface area (Å²) in [4.78, 5) is 7.95. The van der Waals surface area contributed by atoms with Gasteiger partial charge in [0.05, 0.1) is 6.92 Å². The van der Waals surface area contributed by atoms with Gasteiger partial charge < -0.3 is 20.1 Å². The number of rotatable bonds is 4. The zero-order valence-electron chi connectivity index (χ0n) is 7.30. The summed E-state index contributed by atoms with van der Waals surface area (Å²) < 4.78 is 0. The lowest BCUT2D eigenvalue weighted by molar-refractivity contribution is -0.814. The molecule has 0 radical (unpaired) electrons. The predicted octanol–water partition coefficient (Wildman–Crippen LogP) is 0.947. The molecule has 0 aliphatic carbocycles. The zero-order valence-corrected chi connectivity index (χ0v) is 8.06. The van der Waals surface area contributed by atoms with Crippen LogP contribution in [0.1, 0.15) is 6.92 Å². The van der Waals surface area contributed by atoms with E-state index in [0.29, 0.717) is 0 Å². The first-order valence-electron chi connectivity index (χ1n) is 3.08. The third kappa shape index (κ3) is 2.90. The molecule has 0 unspecified atom stereocenters. The number of alkyl halides is 1. The van der Waals surface area contributed by atoms with E-state index in [9.17, 15) is 10.4 Å². The highest BCUT2D eigenvalue weighted by atomic mass is 35.5. The van der Waals surface area contributed by atoms with Gasteiger partial charge in [-0.05, 0) is 0 Å². The van der Waals surface area contributed by atoms with E-state index in [1.54, 1.807) is 0 Å². The van der Waals surface area contributed by atoms with Crippen molar-refractivity contribution in [3.05, 3.63) is 10.4 Å². The summed E-state index contributed by atoms with van der Waals surface area (Å²) in [6, 6.07) is 0. The Morgan fingerprint density at radius 3 is 1.69 bits per heavy atom. The molecule has 0 aliphatic heterocycles. The molecule has 9 heteroatoms. The average Bonchev–Trinajstić information content (AvgIpc) is 2.05. The molecule has 0 aromatic rings. The lowest BCUT2D eigenvalue weighted by atomic mass is 10.6. The zero-order chi connectivity index (χ0) is 10.5. The molecule has 0 bridgehead atoms. The maximum atomic E-state index is 10.9. The second kappa shape index (κ2) is 4.65. The van der Waals surface area contributed by atoms with Crippen LogP contribution in [-0.2, 0) is 9.68 Å². The van der Waals surface area contributed by atoms with Crippen LogP contribution in [0, 0.1) is 10.4 Å². The van der Waals surface area contributed by atoms with E-state index >= 15 is 0 Å². The van der Waals surface area contributed by atoms with Crippen molar-refractivity contribution in [3.63, 3.8) is 0 Å². The van der Waals surface area contributed by atoms with Crippen LogP contribution in [0.4, 0.5) is 0 Å². The number of hydrogen-bond acceptors (Lipinski definition) is 6. The van der Waals surface area contributed by atoms with E-state index in [2.05, 4.69) is 20.2 Å². The van der Waals surface area contributed by atoms with Gasteiger partial charge >= 0.3 is 5.12 Å². The van der Waals surface area contributed by atoms with Gasteiger partial charge in [0.15, 0.2) is 0 Å². The summed E-state index contributed by atoms with van der Waals surface area (Å²) in [7, 11) is 2.28. The van der Waals surface area contributed by atoms with Crippen LogP contribution in [0.3, 0.4) is 0 Å². The Bertz CT molecular complexity index is 206. The minimum atomic E-state index is -2.04. The van der Waals surface area contributed by atoms with Crippen LogP contribution in [0.15, 0.2) is 10.6 Å². The monoisotopic (exact) mass is 212 g/mol. The Kier molecular flexibility index (Phi) is 4.18. The largest absolute Gasteiger partial charge is 0.591 e.